The third-order valence-electron chi connectivity index (χ3n) is 3.13. The molecule has 19 heavy (non-hydrogen) atoms. The van der Waals surface area contributed by atoms with Crippen molar-refractivity contribution in [3.8, 4) is 11.3 Å². The van der Waals surface area contributed by atoms with Gasteiger partial charge in [-0.3, -0.25) is 0 Å². The summed E-state index contributed by atoms with van der Waals surface area (Å²) in [6.45, 7) is 6.39. The van der Waals surface area contributed by atoms with Crippen LogP contribution in [0.2, 0.25) is 0 Å². The van der Waals surface area contributed by atoms with Gasteiger partial charge < -0.3 is 4.52 Å². The standard InChI is InChI=1S/C14H16N4O/c1-9(2)11-4-6-12(7-5-11)14-13(8-16-18-15)10(3)19-17-14/h4-7,9H,8H2,1-3H3. The van der Waals surface area contributed by atoms with Gasteiger partial charge in [0.2, 0.25) is 0 Å². The number of hydrogen-bond donors (Lipinski definition) is 0. The van der Waals surface area contributed by atoms with Crippen LogP contribution in [0.1, 0.15) is 36.7 Å². The molecule has 0 spiro atoms. The maximum absolute atomic E-state index is 8.42. The van der Waals surface area contributed by atoms with E-state index in [1.54, 1.807) is 0 Å². The van der Waals surface area contributed by atoms with Crippen LogP contribution >= 0.6 is 0 Å². The molecule has 2 rings (SSSR count). The normalized spacial score (nSPS) is 10.5. The van der Waals surface area contributed by atoms with E-state index in [1.165, 1.54) is 5.56 Å². The Morgan fingerprint density at radius 2 is 2.00 bits per heavy atom. The number of azide groups is 1. The van der Waals surface area contributed by atoms with E-state index in [-0.39, 0.29) is 6.54 Å². The van der Waals surface area contributed by atoms with E-state index in [0.717, 1.165) is 16.8 Å². The highest BCUT2D eigenvalue weighted by atomic mass is 16.5. The van der Waals surface area contributed by atoms with E-state index in [4.69, 9.17) is 10.1 Å². The molecular weight excluding hydrogens is 240 g/mol. The topological polar surface area (TPSA) is 74.8 Å². The van der Waals surface area contributed by atoms with Gasteiger partial charge >= 0.3 is 0 Å². The Morgan fingerprint density at radius 1 is 1.32 bits per heavy atom. The minimum absolute atomic E-state index is 0.257. The maximum atomic E-state index is 8.42. The first-order valence-electron chi connectivity index (χ1n) is 6.19. The van der Waals surface area contributed by atoms with Crippen molar-refractivity contribution < 1.29 is 4.52 Å². The largest absolute Gasteiger partial charge is 0.361 e. The highest BCUT2D eigenvalue weighted by Crippen LogP contribution is 2.27. The summed E-state index contributed by atoms with van der Waals surface area (Å²) in [5.74, 6) is 1.19. The third kappa shape index (κ3) is 2.77. The second-order valence-corrected chi connectivity index (χ2v) is 4.73. The van der Waals surface area contributed by atoms with Crippen LogP contribution in [0, 0.1) is 6.92 Å². The number of benzene rings is 1. The summed E-state index contributed by atoms with van der Waals surface area (Å²) in [6.07, 6.45) is 0. The van der Waals surface area contributed by atoms with Gasteiger partial charge in [0.1, 0.15) is 11.5 Å². The van der Waals surface area contributed by atoms with Crippen LogP contribution in [0.3, 0.4) is 0 Å². The van der Waals surface area contributed by atoms with Crippen molar-refractivity contribution in [2.24, 2.45) is 5.11 Å². The lowest BCUT2D eigenvalue weighted by molar-refractivity contribution is 0.398. The van der Waals surface area contributed by atoms with Crippen LogP contribution in [0.15, 0.2) is 33.9 Å². The van der Waals surface area contributed by atoms with Crippen molar-refractivity contribution in [3.63, 3.8) is 0 Å². The van der Waals surface area contributed by atoms with Gasteiger partial charge in [-0.1, -0.05) is 48.4 Å². The van der Waals surface area contributed by atoms with Crippen LogP contribution in [0.25, 0.3) is 21.7 Å². The second kappa shape index (κ2) is 5.59. The average Bonchev–Trinajstić information content (AvgIpc) is 2.78. The zero-order valence-electron chi connectivity index (χ0n) is 11.3. The summed E-state index contributed by atoms with van der Waals surface area (Å²) in [6, 6.07) is 8.21. The molecule has 0 bridgehead atoms. The first kappa shape index (κ1) is 13.2. The van der Waals surface area contributed by atoms with E-state index in [2.05, 4.69) is 41.2 Å². The molecule has 0 fully saturated rings. The number of nitrogens with zero attached hydrogens (tertiary/aromatic N) is 4. The molecule has 1 aromatic heterocycles. The van der Waals surface area contributed by atoms with Gasteiger partial charge in [-0.05, 0) is 23.9 Å². The molecule has 0 radical (unpaired) electrons. The molecule has 0 aliphatic rings. The van der Waals surface area contributed by atoms with E-state index in [9.17, 15) is 0 Å². The molecule has 0 amide bonds. The van der Waals surface area contributed by atoms with Gasteiger partial charge in [-0.15, -0.1) is 0 Å². The Hall–Kier alpha value is -2.26. The fraction of sp³-hybridized carbons (Fsp3) is 0.357. The molecule has 0 unspecified atom stereocenters. The molecule has 1 aromatic carbocycles. The summed E-state index contributed by atoms with van der Waals surface area (Å²) in [7, 11) is 0. The zero-order chi connectivity index (χ0) is 13.8. The minimum Gasteiger partial charge on any atom is -0.361 e. The van der Waals surface area contributed by atoms with Crippen LogP contribution in [-0.2, 0) is 6.54 Å². The molecule has 0 saturated heterocycles. The quantitative estimate of drug-likeness (QED) is 0.456. The van der Waals surface area contributed by atoms with E-state index in [0.29, 0.717) is 11.7 Å². The van der Waals surface area contributed by atoms with E-state index in [1.807, 2.05) is 19.1 Å². The van der Waals surface area contributed by atoms with Gasteiger partial charge in [-0.2, -0.15) is 0 Å². The Morgan fingerprint density at radius 3 is 2.58 bits per heavy atom. The molecule has 0 atom stereocenters. The first-order chi connectivity index (χ1) is 9.13. The fourth-order valence-electron chi connectivity index (χ4n) is 1.93. The summed E-state index contributed by atoms with van der Waals surface area (Å²) >= 11 is 0. The lowest BCUT2D eigenvalue weighted by Gasteiger charge is -2.06. The Bertz CT molecular complexity index is 607. The monoisotopic (exact) mass is 256 g/mol. The lowest BCUT2D eigenvalue weighted by Crippen LogP contribution is -1.89. The van der Waals surface area contributed by atoms with Gasteiger partial charge in [0.25, 0.3) is 0 Å². The van der Waals surface area contributed by atoms with E-state index >= 15 is 0 Å². The maximum Gasteiger partial charge on any atom is 0.137 e. The smallest absolute Gasteiger partial charge is 0.137 e. The van der Waals surface area contributed by atoms with Crippen LogP contribution in [0.5, 0.6) is 0 Å². The lowest BCUT2D eigenvalue weighted by atomic mass is 9.99. The van der Waals surface area contributed by atoms with Gasteiger partial charge in [0.15, 0.2) is 0 Å². The molecular formula is C14H16N4O. The average molecular weight is 256 g/mol. The predicted octanol–water partition coefficient (Wildman–Crippen LogP) is 4.58. The SMILES string of the molecule is Cc1onc(-c2ccc(C(C)C)cc2)c1CN=[N+]=[N-]. The van der Waals surface area contributed by atoms with Crippen molar-refractivity contribution >= 4 is 0 Å². The molecule has 5 nitrogen and oxygen atoms in total. The summed E-state index contributed by atoms with van der Waals surface area (Å²) in [5, 5.41) is 7.64. The van der Waals surface area contributed by atoms with Gasteiger partial charge in [-0.25, -0.2) is 0 Å². The van der Waals surface area contributed by atoms with Gasteiger partial charge in [0.05, 0.1) is 6.54 Å². The molecule has 98 valence electrons. The predicted molar refractivity (Wildman–Crippen MR) is 73.6 cm³/mol. The summed E-state index contributed by atoms with van der Waals surface area (Å²) in [5.41, 5.74) is 12.3. The molecule has 1 heterocycles. The van der Waals surface area contributed by atoms with Crippen molar-refractivity contribution in [1.82, 2.24) is 5.16 Å². The van der Waals surface area contributed by atoms with Crippen LogP contribution in [0.4, 0.5) is 0 Å². The Kier molecular flexibility index (Phi) is 3.88. The molecule has 2 aromatic rings. The van der Waals surface area contributed by atoms with Gasteiger partial charge in [0, 0.05) is 16.0 Å². The third-order valence-corrected chi connectivity index (χ3v) is 3.13. The molecule has 0 N–H and O–H groups in total. The van der Waals surface area contributed by atoms with Crippen molar-refractivity contribution in [2.75, 3.05) is 0 Å². The summed E-state index contributed by atoms with van der Waals surface area (Å²) in [4.78, 5) is 2.78. The minimum atomic E-state index is 0.257. The highest BCUT2D eigenvalue weighted by Gasteiger charge is 2.13. The Labute approximate surface area is 111 Å². The summed E-state index contributed by atoms with van der Waals surface area (Å²) < 4.78 is 5.19. The molecule has 0 aliphatic carbocycles. The first-order valence-corrected chi connectivity index (χ1v) is 6.19. The molecule has 0 aliphatic heterocycles. The van der Waals surface area contributed by atoms with Crippen LogP contribution in [-0.4, -0.2) is 5.16 Å². The van der Waals surface area contributed by atoms with Crippen molar-refractivity contribution in [1.29, 1.82) is 0 Å². The van der Waals surface area contributed by atoms with E-state index < -0.39 is 0 Å². The fourth-order valence-corrected chi connectivity index (χ4v) is 1.93. The van der Waals surface area contributed by atoms with Crippen LogP contribution < -0.4 is 0 Å². The van der Waals surface area contributed by atoms with Crippen molar-refractivity contribution in [2.45, 2.75) is 33.2 Å². The molecule has 0 saturated carbocycles. The Balaban J connectivity index is 2.38. The van der Waals surface area contributed by atoms with Crippen molar-refractivity contribution in [3.05, 3.63) is 51.6 Å². The highest BCUT2D eigenvalue weighted by molar-refractivity contribution is 5.63. The zero-order valence-corrected chi connectivity index (χ0v) is 11.3. The second-order valence-electron chi connectivity index (χ2n) is 4.73. The number of rotatable bonds is 4. The molecule has 5 heteroatoms. The number of aromatic nitrogens is 1. The number of aryl methyl sites for hydroxylation is 1. The number of hydrogen-bond acceptors (Lipinski definition) is 3.